The molecule has 0 saturated heterocycles. The van der Waals surface area contributed by atoms with Crippen molar-refractivity contribution in [3.05, 3.63) is 63.7 Å². The van der Waals surface area contributed by atoms with Crippen molar-refractivity contribution >= 4 is 17.3 Å². The van der Waals surface area contributed by atoms with Crippen molar-refractivity contribution in [1.82, 2.24) is 0 Å². The van der Waals surface area contributed by atoms with E-state index in [0.29, 0.717) is 5.69 Å². The van der Waals surface area contributed by atoms with Gasteiger partial charge in [0.25, 0.3) is 5.69 Å². The van der Waals surface area contributed by atoms with E-state index < -0.39 is 4.92 Å². The van der Waals surface area contributed by atoms with Gasteiger partial charge >= 0.3 is 0 Å². The van der Waals surface area contributed by atoms with Crippen LogP contribution in [-0.4, -0.2) is 10.8 Å². The Morgan fingerprint density at radius 3 is 2.50 bits per heavy atom. The Bertz CT molecular complexity index is 696. The van der Waals surface area contributed by atoms with Gasteiger partial charge in [-0.2, -0.15) is 0 Å². The molecule has 114 valence electrons. The number of carbonyl (C=O) groups excluding carboxylic acids is 1. The van der Waals surface area contributed by atoms with Gasteiger partial charge in [-0.05, 0) is 18.6 Å². The number of anilines is 1. The van der Waals surface area contributed by atoms with E-state index >= 15 is 0 Å². The topological polar surface area (TPSA) is 81.5 Å². The Balaban J connectivity index is 2.22. The van der Waals surface area contributed by atoms with E-state index in [1.54, 1.807) is 0 Å². The number of non-ortho nitro benzene ring substituents is 1. The normalized spacial score (nSPS) is 10.1. The Morgan fingerprint density at radius 1 is 1.23 bits per heavy atom. The van der Waals surface area contributed by atoms with Crippen molar-refractivity contribution in [3.63, 3.8) is 0 Å². The first-order valence-corrected chi connectivity index (χ1v) is 6.70. The number of hydrogen-bond donors (Lipinski definition) is 1. The van der Waals surface area contributed by atoms with Gasteiger partial charge < -0.3 is 10.1 Å². The number of carbonyl (C=O) groups is 1. The first-order chi connectivity index (χ1) is 10.5. The summed E-state index contributed by atoms with van der Waals surface area (Å²) >= 11 is 0. The van der Waals surface area contributed by atoms with E-state index in [1.807, 2.05) is 31.2 Å². The zero-order valence-corrected chi connectivity index (χ0v) is 12.3. The Hall–Kier alpha value is -2.89. The van der Waals surface area contributed by atoms with Crippen LogP contribution >= 0.6 is 0 Å². The van der Waals surface area contributed by atoms with E-state index in [0.717, 1.165) is 11.1 Å². The molecule has 6 heteroatoms. The van der Waals surface area contributed by atoms with Crippen molar-refractivity contribution in [3.8, 4) is 5.75 Å². The molecule has 2 rings (SSSR count). The Labute approximate surface area is 127 Å². The molecule has 0 radical (unpaired) electrons. The summed E-state index contributed by atoms with van der Waals surface area (Å²) in [5.74, 6) is -0.000913. The summed E-state index contributed by atoms with van der Waals surface area (Å²) in [6.07, 6.45) is 0. The minimum Gasteiger partial charge on any atom is -0.486 e. The molecular formula is C16H16N2O4. The lowest BCUT2D eigenvalue weighted by Crippen LogP contribution is -2.08. The summed E-state index contributed by atoms with van der Waals surface area (Å²) in [6, 6.07) is 11.9. The smallest absolute Gasteiger partial charge is 0.273 e. The molecule has 0 bridgehead atoms. The molecule has 22 heavy (non-hydrogen) atoms. The monoisotopic (exact) mass is 300 g/mol. The molecule has 0 fully saturated rings. The van der Waals surface area contributed by atoms with Crippen LogP contribution in [0.25, 0.3) is 0 Å². The van der Waals surface area contributed by atoms with Crippen LogP contribution in [0.15, 0.2) is 42.5 Å². The maximum atomic E-state index is 11.2. The maximum Gasteiger partial charge on any atom is 0.273 e. The van der Waals surface area contributed by atoms with E-state index in [9.17, 15) is 14.9 Å². The highest BCUT2D eigenvalue weighted by atomic mass is 16.6. The molecule has 2 aromatic rings. The van der Waals surface area contributed by atoms with Crippen molar-refractivity contribution in [2.24, 2.45) is 0 Å². The van der Waals surface area contributed by atoms with Gasteiger partial charge in [-0.25, -0.2) is 0 Å². The van der Waals surface area contributed by atoms with Crippen LogP contribution in [-0.2, 0) is 11.4 Å². The van der Waals surface area contributed by atoms with E-state index in [2.05, 4.69) is 5.32 Å². The van der Waals surface area contributed by atoms with Crippen LogP contribution < -0.4 is 10.1 Å². The molecule has 0 aliphatic rings. The number of hydrogen-bond acceptors (Lipinski definition) is 4. The lowest BCUT2D eigenvalue weighted by atomic mass is 10.2. The van der Waals surface area contributed by atoms with Crippen molar-refractivity contribution < 1.29 is 14.5 Å². The third-order valence-electron chi connectivity index (χ3n) is 3.00. The van der Waals surface area contributed by atoms with E-state index in [-0.39, 0.29) is 24.0 Å². The van der Waals surface area contributed by atoms with Gasteiger partial charge in [0, 0.05) is 13.0 Å². The molecule has 0 heterocycles. The minimum atomic E-state index is -0.504. The number of ether oxygens (including phenoxy) is 1. The number of nitro benzene ring substituents is 1. The Morgan fingerprint density at radius 2 is 1.91 bits per heavy atom. The fraction of sp³-hybridized carbons (Fsp3) is 0.188. The summed E-state index contributed by atoms with van der Waals surface area (Å²) in [5, 5.41) is 13.5. The number of aryl methyl sites for hydroxylation is 1. The molecule has 0 spiro atoms. The highest BCUT2D eigenvalue weighted by Gasteiger charge is 2.13. The summed E-state index contributed by atoms with van der Waals surface area (Å²) in [7, 11) is 0. The van der Waals surface area contributed by atoms with Gasteiger partial charge in [0.2, 0.25) is 5.91 Å². The maximum absolute atomic E-state index is 11.2. The molecular weight excluding hydrogens is 284 g/mol. The van der Waals surface area contributed by atoms with Gasteiger partial charge in [-0.3, -0.25) is 14.9 Å². The molecule has 0 atom stereocenters. The van der Waals surface area contributed by atoms with Crippen LogP contribution in [0.3, 0.4) is 0 Å². The molecule has 2 aromatic carbocycles. The number of rotatable bonds is 5. The molecule has 0 unspecified atom stereocenters. The fourth-order valence-electron chi connectivity index (χ4n) is 1.88. The number of nitro groups is 1. The van der Waals surface area contributed by atoms with Crippen LogP contribution in [0.5, 0.6) is 5.75 Å². The largest absolute Gasteiger partial charge is 0.486 e. The van der Waals surface area contributed by atoms with Crippen LogP contribution in [0.1, 0.15) is 18.1 Å². The second kappa shape index (κ2) is 6.71. The highest BCUT2D eigenvalue weighted by molar-refractivity contribution is 5.90. The first kappa shape index (κ1) is 15.5. The summed E-state index contributed by atoms with van der Waals surface area (Å²) < 4.78 is 5.64. The predicted molar refractivity (Wildman–Crippen MR) is 82.9 cm³/mol. The van der Waals surface area contributed by atoms with Crippen molar-refractivity contribution in [2.45, 2.75) is 20.5 Å². The SMILES string of the molecule is CC(=O)Nc1ccc([N+](=O)[O-])cc1OCc1ccc(C)cc1. The lowest BCUT2D eigenvalue weighted by molar-refractivity contribution is -0.384. The van der Waals surface area contributed by atoms with Crippen LogP contribution in [0.4, 0.5) is 11.4 Å². The third kappa shape index (κ3) is 4.05. The molecule has 0 saturated carbocycles. The van der Waals surface area contributed by atoms with Gasteiger partial charge in [0.05, 0.1) is 16.7 Å². The van der Waals surface area contributed by atoms with Gasteiger partial charge in [0.1, 0.15) is 12.4 Å². The number of nitrogens with zero attached hydrogens (tertiary/aromatic N) is 1. The molecule has 6 nitrogen and oxygen atoms in total. The predicted octanol–water partition coefficient (Wildman–Crippen LogP) is 3.44. The minimum absolute atomic E-state index is 0.0898. The quantitative estimate of drug-likeness (QED) is 0.677. The third-order valence-corrected chi connectivity index (χ3v) is 3.00. The van der Waals surface area contributed by atoms with Crippen LogP contribution in [0.2, 0.25) is 0 Å². The summed E-state index contributed by atoms with van der Waals surface area (Å²) in [4.78, 5) is 21.6. The molecule has 0 aromatic heterocycles. The average Bonchev–Trinajstić information content (AvgIpc) is 2.47. The number of nitrogens with one attached hydrogen (secondary N) is 1. The average molecular weight is 300 g/mol. The highest BCUT2D eigenvalue weighted by Crippen LogP contribution is 2.30. The first-order valence-electron chi connectivity index (χ1n) is 6.70. The van der Waals surface area contributed by atoms with Crippen molar-refractivity contribution in [1.29, 1.82) is 0 Å². The molecule has 0 aliphatic heterocycles. The van der Waals surface area contributed by atoms with Crippen LogP contribution in [0, 0.1) is 17.0 Å². The van der Waals surface area contributed by atoms with E-state index in [1.165, 1.54) is 25.1 Å². The second-order valence-corrected chi connectivity index (χ2v) is 4.89. The molecule has 1 N–H and O–H groups in total. The zero-order valence-electron chi connectivity index (χ0n) is 12.3. The van der Waals surface area contributed by atoms with Gasteiger partial charge in [-0.15, -0.1) is 0 Å². The standard InChI is InChI=1S/C16H16N2O4/c1-11-3-5-13(6-4-11)10-22-16-9-14(18(20)21)7-8-15(16)17-12(2)19/h3-9H,10H2,1-2H3,(H,17,19). The summed E-state index contributed by atoms with van der Waals surface area (Å²) in [6.45, 7) is 3.61. The fourth-order valence-corrected chi connectivity index (χ4v) is 1.88. The van der Waals surface area contributed by atoms with E-state index in [4.69, 9.17) is 4.74 Å². The zero-order chi connectivity index (χ0) is 16.1. The summed E-state index contributed by atoms with van der Waals surface area (Å²) in [5.41, 5.74) is 2.39. The molecule has 0 aliphatic carbocycles. The lowest BCUT2D eigenvalue weighted by Gasteiger charge is -2.12. The number of amides is 1. The van der Waals surface area contributed by atoms with Gasteiger partial charge in [-0.1, -0.05) is 29.8 Å². The van der Waals surface area contributed by atoms with Gasteiger partial charge in [0.15, 0.2) is 0 Å². The molecule has 1 amide bonds. The number of benzene rings is 2. The second-order valence-electron chi connectivity index (χ2n) is 4.89. The van der Waals surface area contributed by atoms with Crippen molar-refractivity contribution in [2.75, 3.05) is 5.32 Å². The Kier molecular flexibility index (Phi) is 4.73.